The predicted molar refractivity (Wildman–Crippen MR) is 126 cm³/mol. The van der Waals surface area contributed by atoms with Gasteiger partial charge in [-0.05, 0) is 32.9 Å². The van der Waals surface area contributed by atoms with Crippen LogP contribution < -0.4 is 24.3 Å². The quantitative estimate of drug-likeness (QED) is 0.324. The molecule has 0 aliphatic carbocycles. The number of carbonyl (C=O) groups is 2. The van der Waals surface area contributed by atoms with Gasteiger partial charge in [-0.2, -0.15) is 5.11 Å². The number of hydrogen-bond acceptors (Lipinski definition) is 8. The third-order valence-corrected chi connectivity index (χ3v) is 4.87. The summed E-state index contributed by atoms with van der Waals surface area (Å²) in [5.74, 6) is 0.0309. The topological polar surface area (TPSA) is 108 Å². The van der Waals surface area contributed by atoms with Gasteiger partial charge in [-0.1, -0.05) is 23.2 Å². The molecule has 1 amide bonds. The third-order valence-electron chi connectivity index (χ3n) is 4.26. The maximum Gasteiger partial charge on any atom is 0.258 e. The first kappa shape index (κ1) is 26.2. The number of amides is 1. The van der Waals surface area contributed by atoms with E-state index in [9.17, 15) is 9.59 Å². The number of carbonyl (C=O) groups excluding carboxylic acids is 2. The van der Waals surface area contributed by atoms with Gasteiger partial charge in [0.15, 0.2) is 23.0 Å². The summed E-state index contributed by atoms with van der Waals surface area (Å²) in [5, 5.41) is 10.9. The number of nitrogens with one attached hydrogen (secondary N) is 1. The first-order valence-corrected chi connectivity index (χ1v) is 10.7. The third kappa shape index (κ3) is 6.49. The number of halogens is 2. The Morgan fingerprint density at radius 1 is 1.00 bits per heavy atom. The number of rotatable bonds is 11. The van der Waals surface area contributed by atoms with Crippen LogP contribution in [0, 0.1) is 0 Å². The average Bonchev–Trinajstić information content (AvgIpc) is 2.76. The summed E-state index contributed by atoms with van der Waals surface area (Å²) in [6.45, 7) is 5.61. The van der Waals surface area contributed by atoms with Gasteiger partial charge in [0.25, 0.3) is 5.91 Å². The van der Waals surface area contributed by atoms with E-state index in [1.165, 1.54) is 27.2 Å². The fourth-order valence-corrected chi connectivity index (χ4v) is 3.24. The molecule has 0 bridgehead atoms. The molecule has 0 fully saturated rings. The molecule has 1 N–H and O–H groups in total. The van der Waals surface area contributed by atoms with Crippen LogP contribution in [0.1, 0.15) is 20.8 Å². The van der Waals surface area contributed by atoms with Gasteiger partial charge in [-0.25, -0.2) is 0 Å². The van der Waals surface area contributed by atoms with Crippen LogP contribution in [0.2, 0.25) is 10.0 Å². The van der Waals surface area contributed by atoms with E-state index in [0.29, 0.717) is 30.5 Å². The number of azo groups is 1. The van der Waals surface area contributed by atoms with Crippen LogP contribution in [0.15, 0.2) is 34.5 Å². The summed E-state index contributed by atoms with van der Waals surface area (Å²) in [4.78, 5) is 25.1. The Kier molecular flexibility index (Phi) is 9.74. The largest absolute Gasteiger partial charge is 0.494 e. The van der Waals surface area contributed by atoms with E-state index in [1.54, 1.807) is 25.1 Å². The fourth-order valence-electron chi connectivity index (χ4n) is 2.81. The second kappa shape index (κ2) is 12.3. The second-order valence-corrected chi connectivity index (χ2v) is 7.31. The minimum atomic E-state index is -1.48. The van der Waals surface area contributed by atoms with Gasteiger partial charge >= 0.3 is 0 Å². The predicted octanol–water partition coefficient (Wildman–Crippen LogP) is 5.49. The summed E-state index contributed by atoms with van der Waals surface area (Å²) in [6, 6.07) is 4.79. The molecule has 178 valence electrons. The van der Waals surface area contributed by atoms with Crippen LogP contribution in [0.5, 0.6) is 23.0 Å². The number of Topliss-reactive ketones (excluding diaryl/α,β-unsaturated/α-hetero) is 1. The highest BCUT2D eigenvalue weighted by Crippen LogP contribution is 2.41. The van der Waals surface area contributed by atoms with E-state index in [4.69, 9.17) is 42.1 Å². The Hall–Kier alpha value is -3.04. The molecule has 0 saturated heterocycles. The monoisotopic (exact) mass is 497 g/mol. The molecular formula is C22H25Cl2N3O6. The molecule has 0 spiro atoms. The first-order chi connectivity index (χ1) is 15.8. The van der Waals surface area contributed by atoms with Crippen molar-refractivity contribution in [2.24, 2.45) is 10.2 Å². The van der Waals surface area contributed by atoms with E-state index in [2.05, 4.69) is 15.5 Å². The molecule has 0 heterocycles. The van der Waals surface area contributed by atoms with Gasteiger partial charge in [0.1, 0.15) is 17.1 Å². The maximum absolute atomic E-state index is 12.9. The zero-order chi connectivity index (χ0) is 24.5. The maximum atomic E-state index is 12.9. The number of methoxy groups -OCH3 is 2. The molecule has 2 aromatic carbocycles. The average molecular weight is 498 g/mol. The molecule has 0 aromatic heterocycles. The normalized spacial score (nSPS) is 11.7. The smallest absolute Gasteiger partial charge is 0.258 e. The Labute approximate surface area is 202 Å². The summed E-state index contributed by atoms with van der Waals surface area (Å²) in [5.41, 5.74) is 0.303. The van der Waals surface area contributed by atoms with Crippen LogP contribution >= 0.6 is 23.2 Å². The number of ketones is 1. The molecular weight excluding hydrogens is 473 g/mol. The molecule has 0 aliphatic heterocycles. The van der Waals surface area contributed by atoms with E-state index in [0.717, 1.165) is 0 Å². The lowest BCUT2D eigenvalue weighted by atomic mass is 10.2. The summed E-state index contributed by atoms with van der Waals surface area (Å²) in [6.07, 6.45) is 0. The van der Waals surface area contributed by atoms with Crippen molar-refractivity contribution in [1.29, 1.82) is 0 Å². The van der Waals surface area contributed by atoms with E-state index >= 15 is 0 Å². The van der Waals surface area contributed by atoms with E-state index < -0.39 is 17.7 Å². The molecule has 0 saturated carbocycles. The molecule has 2 aromatic rings. The summed E-state index contributed by atoms with van der Waals surface area (Å²) in [7, 11) is 2.84. The Morgan fingerprint density at radius 3 is 2.27 bits per heavy atom. The van der Waals surface area contributed by atoms with Gasteiger partial charge in [-0.3, -0.25) is 9.59 Å². The van der Waals surface area contributed by atoms with Crippen molar-refractivity contribution in [2.45, 2.75) is 26.8 Å². The number of ether oxygens (including phenoxy) is 4. The molecule has 1 atom stereocenters. The Bertz CT molecular complexity index is 1050. The minimum Gasteiger partial charge on any atom is -0.494 e. The van der Waals surface area contributed by atoms with E-state index in [-0.39, 0.29) is 27.2 Å². The highest BCUT2D eigenvalue weighted by Gasteiger charge is 2.26. The number of hydrogen-bond donors (Lipinski definition) is 1. The summed E-state index contributed by atoms with van der Waals surface area (Å²) < 4.78 is 21.6. The van der Waals surface area contributed by atoms with E-state index in [1.807, 2.05) is 6.92 Å². The van der Waals surface area contributed by atoms with Crippen molar-refractivity contribution < 1.29 is 28.5 Å². The van der Waals surface area contributed by atoms with Crippen molar-refractivity contribution in [3.8, 4) is 23.0 Å². The molecule has 2 rings (SSSR count). The molecule has 0 radical (unpaired) electrons. The molecule has 0 aliphatic rings. The van der Waals surface area contributed by atoms with Crippen LogP contribution in [0.25, 0.3) is 0 Å². The molecule has 9 nitrogen and oxygen atoms in total. The van der Waals surface area contributed by atoms with Crippen molar-refractivity contribution >= 4 is 46.3 Å². The van der Waals surface area contributed by atoms with Crippen LogP contribution in [-0.4, -0.2) is 45.2 Å². The van der Waals surface area contributed by atoms with Gasteiger partial charge in [0.2, 0.25) is 6.04 Å². The number of benzene rings is 2. The van der Waals surface area contributed by atoms with Gasteiger partial charge in [0.05, 0.1) is 37.5 Å². The Morgan fingerprint density at radius 2 is 1.70 bits per heavy atom. The zero-order valence-corrected chi connectivity index (χ0v) is 20.4. The highest BCUT2D eigenvalue weighted by atomic mass is 35.5. The van der Waals surface area contributed by atoms with Crippen LogP contribution in [0.4, 0.5) is 11.4 Å². The number of anilines is 1. The molecule has 1 unspecified atom stereocenters. The van der Waals surface area contributed by atoms with Crippen molar-refractivity contribution in [1.82, 2.24) is 0 Å². The lowest BCUT2D eigenvalue weighted by molar-refractivity contribution is -0.126. The molecule has 11 heteroatoms. The zero-order valence-electron chi connectivity index (χ0n) is 18.9. The highest BCUT2D eigenvalue weighted by molar-refractivity contribution is 6.34. The lowest BCUT2D eigenvalue weighted by Gasteiger charge is -2.16. The summed E-state index contributed by atoms with van der Waals surface area (Å²) >= 11 is 12.5. The standard InChI is InChI=1S/C22H25Cl2N3O6/c1-6-32-13-10-15(24)19(17(11-13)33-7-2)27-26-18(12(3)28)22(29)25-20-14(23)8-9-16(30-4)21(20)31-5/h8-11,18H,6-7H2,1-5H3,(H,25,29). The van der Waals surface area contributed by atoms with Crippen LogP contribution in [-0.2, 0) is 9.59 Å². The van der Waals surface area contributed by atoms with Gasteiger partial charge in [-0.15, -0.1) is 5.11 Å². The second-order valence-electron chi connectivity index (χ2n) is 6.49. The number of nitrogens with zero attached hydrogens (tertiary/aromatic N) is 2. The van der Waals surface area contributed by atoms with Crippen molar-refractivity contribution in [2.75, 3.05) is 32.8 Å². The van der Waals surface area contributed by atoms with Gasteiger partial charge in [0, 0.05) is 12.1 Å². The van der Waals surface area contributed by atoms with Crippen molar-refractivity contribution in [3.05, 3.63) is 34.3 Å². The fraction of sp³-hybridized carbons (Fsp3) is 0.364. The SMILES string of the molecule is CCOc1cc(Cl)c(N=NC(C(C)=O)C(=O)Nc2c(Cl)ccc(OC)c2OC)c(OCC)c1. The van der Waals surface area contributed by atoms with Crippen molar-refractivity contribution in [3.63, 3.8) is 0 Å². The first-order valence-electron chi connectivity index (χ1n) is 9.99. The minimum absolute atomic E-state index is 0.138. The Balaban J connectivity index is 2.40. The van der Waals surface area contributed by atoms with Crippen LogP contribution in [0.3, 0.4) is 0 Å². The van der Waals surface area contributed by atoms with Gasteiger partial charge < -0.3 is 24.3 Å². The molecule has 33 heavy (non-hydrogen) atoms. The lowest BCUT2D eigenvalue weighted by Crippen LogP contribution is -2.32.